The van der Waals surface area contributed by atoms with Gasteiger partial charge in [0.2, 0.25) is 0 Å². The fourth-order valence-electron chi connectivity index (χ4n) is 2.15. The van der Waals surface area contributed by atoms with Crippen LogP contribution in [0.1, 0.15) is 17.3 Å². The van der Waals surface area contributed by atoms with Gasteiger partial charge >= 0.3 is 0 Å². The standard InChI is InChI=1S/C14H12ClNO3/c1-9-7-16(14(17)10-5-6-18-8-10)12-4-2-3-11(15)13(12)19-9/h2-6,8-9H,7H2,1H3. The van der Waals surface area contributed by atoms with Crippen LogP contribution in [-0.4, -0.2) is 18.6 Å². The van der Waals surface area contributed by atoms with Gasteiger partial charge in [0.1, 0.15) is 12.4 Å². The maximum Gasteiger partial charge on any atom is 0.261 e. The number of hydrogen-bond acceptors (Lipinski definition) is 3. The third kappa shape index (κ3) is 2.08. The van der Waals surface area contributed by atoms with Crippen molar-refractivity contribution in [2.24, 2.45) is 0 Å². The summed E-state index contributed by atoms with van der Waals surface area (Å²) >= 11 is 6.12. The van der Waals surface area contributed by atoms with Gasteiger partial charge in [-0.2, -0.15) is 0 Å². The summed E-state index contributed by atoms with van der Waals surface area (Å²) < 4.78 is 10.7. The largest absolute Gasteiger partial charge is 0.485 e. The van der Waals surface area contributed by atoms with E-state index < -0.39 is 0 Å². The molecule has 0 radical (unpaired) electrons. The molecule has 1 aliphatic heterocycles. The van der Waals surface area contributed by atoms with E-state index in [0.29, 0.717) is 28.6 Å². The van der Waals surface area contributed by atoms with Crippen molar-refractivity contribution in [3.8, 4) is 5.75 Å². The van der Waals surface area contributed by atoms with Crippen molar-refractivity contribution < 1.29 is 13.9 Å². The molecule has 4 nitrogen and oxygen atoms in total. The monoisotopic (exact) mass is 277 g/mol. The molecule has 2 heterocycles. The molecule has 0 spiro atoms. The number of benzene rings is 1. The van der Waals surface area contributed by atoms with Gasteiger partial charge in [-0.05, 0) is 25.1 Å². The highest BCUT2D eigenvalue weighted by molar-refractivity contribution is 6.32. The second-order valence-electron chi connectivity index (χ2n) is 4.44. The van der Waals surface area contributed by atoms with Gasteiger partial charge in [-0.25, -0.2) is 0 Å². The fraction of sp³-hybridized carbons (Fsp3) is 0.214. The van der Waals surface area contributed by atoms with Gasteiger partial charge in [-0.15, -0.1) is 0 Å². The van der Waals surface area contributed by atoms with Crippen molar-refractivity contribution in [2.75, 3.05) is 11.4 Å². The van der Waals surface area contributed by atoms with E-state index in [-0.39, 0.29) is 12.0 Å². The zero-order valence-corrected chi connectivity index (χ0v) is 11.1. The van der Waals surface area contributed by atoms with Crippen LogP contribution in [0.15, 0.2) is 41.2 Å². The smallest absolute Gasteiger partial charge is 0.261 e. The first-order chi connectivity index (χ1) is 9.16. The van der Waals surface area contributed by atoms with E-state index in [2.05, 4.69) is 0 Å². The lowest BCUT2D eigenvalue weighted by Crippen LogP contribution is -2.42. The Morgan fingerprint density at radius 3 is 3.00 bits per heavy atom. The molecule has 1 aromatic carbocycles. The number of para-hydroxylation sites is 1. The topological polar surface area (TPSA) is 42.7 Å². The maximum absolute atomic E-state index is 12.4. The lowest BCUT2D eigenvalue weighted by Gasteiger charge is -2.33. The Labute approximate surface area is 115 Å². The fourth-order valence-corrected chi connectivity index (χ4v) is 2.37. The van der Waals surface area contributed by atoms with Crippen LogP contribution >= 0.6 is 11.6 Å². The number of halogens is 1. The number of hydrogen-bond donors (Lipinski definition) is 0. The Kier molecular flexibility index (Phi) is 2.95. The zero-order chi connectivity index (χ0) is 13.4. The van der Waals surface area contributed by atoms with Gasteiger partial charge in [0.05, 0.1) is 29.1 Å². The molecule has 0 saturated heterocycles. The molecule has 1 atom stereocenters. The maximum atomic E-state index is 12.4. The van der Waals surface area contributed by atoms with Gasteiger partial charge in [0.15, 0.2) is 5.75 Å². The van der Waals surface area contributed by atoms with Crippen LogP contribution in [0.25, 0.3) is 0 Å². The molecule has 1 aliphatic rings. The number of furan rings is 1. The highest BCUT2D eigenvalue weighted by Crippen LogP contribution is 2.39. The Hall–Kier alpha value is -1.94. The molecule has 0 N–H and O–H groups in total. The van der Waals surface area contributed by atoms with Gasteiger partial charge in [0, 0.05) is 0 Å². The summed E-state index contributed by atoms with van der Waals surface area (Å²) in [6.45, 7) is 2.39. The third-order valence-corrected chi connectivity index (χ3v) is 3.31. The molecule has 5 heteroatoms. The summed E-state index contributed by atoms with van der Waals surface area (Å²) in [5.74, 6) is 0.437. The first-order valence-corrected chi connectivity index (χ1v) is 6.34. The Bertz CT molecular complexity index is 609. The summed E-state index contributed by atoms with van der Waals surface area (Å²) in [5, 5.41) is 0.508. The molecular weight excluding hydrogens is 266 g/mol. The minimum Gasteiger partial charge on any atom is -0.485 e. The van der Waals surface area contributed by atoms with E-state index in [1.54, 1.807) is 23.1 Å². The summed E-state index contributed by atoms with van der Waals surface area (Å²) in [4.78, 5) is 14.1. The first-order valence-electron chi connectivity index (χ1n) is 5.96. The molecule has 0 aliphatic carbocycles. The minimum absolute atomic E-state index is 0.108. The molecule has 1 aromatic heterocycles. The molecule has 98 valence electrons. The second kappa shape index (κ2) is 4.63. The highest BCUT2D eigenvalue weighted by Gasteiger charge is 2.29. The van der Waals surface area contributed by atoms with Crippen molar-refractivity contribution in [2.45, 2.75) is 13.0 Å². The van der Waals surface area contributed by atoms with E-state index in [9.17, 15) is 4.79 Å². The lowest BCUT2D eigenvalue weighted by molar-refractivity contribution is 0.0960. The Morgan fingerprint density at radius 2 is 2.26 bits per heavy atom. The number of rotatable bonds is 1. The molecule has 1 amide bonds. The molecule has 2 aromatic rings. The van der Waals surface area contributed by atoms with Crippen LogP contribution in [0.3, 0.4) is 0 Å². The average molecular weight is 278 g/mol. The number of carbonyl (C=O) groups is 1. The Morgan fingerprint density at radius 1 is 1.42 bits per heavy atom. The number of nitrogens with zero attached hydrogens (tertiary/aromatic N) is 1. The van der Waals surface area contributed by atoms with Crippen LogP contribution in [0, 0.1) is 0 Å². The Balaban J connectivity index is 2.04. The first kappa shape index (κ1) is 12.1. The molecule has 1 unspecified atom stereocenters. The predicted molar refractivity (Wildman–Crippen MR) is 71.9 cm³/mol. The van der Waals surface area contributed by atoms with Crippen molar-refractivity contribution in [3.05, 3.63) is 47.4 Å². The van der Waals surface area contributed by atoms with Crippen molar-refractivity contribution in [3.63, 3.8) is 0 Å². The molecule has 0 bridgehead atoms. The molecule has 3 rings (SSSR count). The van der Waals surface area contributed by atoms with Crippen molar-refractivity contribution >= 4 is 23.2 Å². The van der Waals surface area contributed by atoms with E-state index in [4.69, 9.17) is 20.8 Å². The molecule has 0 saturated carbocycles. The van der Waals surface area contributed by atoms with E-state index in [1.807, 2.05) is 13.0 Å². The summed E-state index contributed by atoms with van der Waals surface area (Å²) in [6, 6.07) is 7.02. The summed E-state index contributed by atoms with van der Waals surface area (Å²) in [7, 11) is 0. The quantitative estimate of drug-likeness (QED) is 0.803. The summed E-state index contributed by atoms with van der Waals surface area (Å²) in [6.07, 6.45) is 2.81. The van der Waals surface area contributed by atoms with Gasteiger partial charge in [0.25, 0.3) is 5.91 Å². The average Bonchev–Trinajstić information content (AvgIpc) is 2.92. The lowest BCUT2D eigenvalue weighted by atomic mass is 10.1. The summed E-state index contributed by atoms with van der Waals surface area (Å²) in [5.41, 5.74) is 1.21. The van der Waals surface area contributed by atoms with Crippen molar-refractivity contribution in [1.82, 2.24) is 0 Å². The SMILES string of the molecule is CC1CN(C(=O)c2ccoc2)c2cccc(Cl)c2O1. The van der Waals surface area contributed by atoms with Crippen LogP contribution in [0.5, 0.6) is 5.75 Å². The van der Waals surface area contributed by atoms with E-state index >= 15 is 0 Å². The number of fused-ring (bicyclic) bond motifs is 1. The molecular formula is C14H12ClNO3. The van der Waals surface area contributed by atoms with Gasteiger partial charge in [-0.1, -0.05) is 17.7 Å². The second-order valence-corrected chi connectivity index (χ2v) is 4.85. The van der Waals surface area contributed by atoms with Gasteiger partial charge in [-0.3, -0.25) is 4.79 Å². The van der Waals surface area contributed by atoms with Crippen LogP contribution in [0.4, 0.5) is 5.69 Å². The molecule has 19 heavy (non-hydrogen) atoms. The number of anilines is 1. The number of carbonyl (C=O) groups excluding carboxylic acids is 1. The normalized spacial score (nSPS) is 17.8. The minimum atomic E-state index is -0.118. The highest BCUT2D eigenvalue weighted by atomic mass is 35.5. The van der Waals surface area contributed by atoms with E-state index in [0.717, 1.165) is 0 Å². The third-order valence-electron chi connectivity index (χ3n) is 3.01. The molecule has 0 fully saturated rings. The zero-order valence-electron chi connectivity index (χ0n) is 10.3. The van der Waals surface area contributed by atoms with Gasteiger partial charge < -0.3 is 14.1 Å². The van der Waals surface area contributed by atoms with Crippen molar-refractivity contribution in [1.29, 1.82) is 0 Å². The number of amides is 1. The van der Waals surface area contributed by atoms with E-state index in [1.165, 1.54) is 12.5 Å². The number of ether oxygens (including phenoxy) is 1. The van der Waals surface area contributed by atoms with Crippen LogP contribution in [-0.2, 0) is 0 Å². The predicted octanol–water partition coefficient (Wildman–Crippen LogP) is 3.36. The van der Waals surface area contributed by atoms with Crippen LogP contribution in [0.2, 0.25) is 5.02 Å². The van der Waals surface area contributed by atoms with Crippen LogP contribution < -0.4 is 9.64 Å².